The second-order valence-electron chi connectivity index (χ2n) is 14.3. The summed E-state index contributed by atoms with van der Waals surface area (Å²) in [6, 6.07) is 4.12. The molecule has 5 atom stereocenters. The standard InChI is InChI=1S/C41H30O26/c42-15-1-10(2-16(43)26(15)50)36(57)64-33-23-9-62-39(60)13-7-21(48)29(53)31(55)24(13)25-14(8-22(49)30(54)32(25)56)40(61)65-34(33)35(66-37(58)11-3-17(44)27(51)18(45)4-11)41(63-23)67-38(59)12-5-19(46)28(52)20(47)6-12/h1-8,23,33-35,41-56H,9H2/t23-,33+,34-,35+,41-/m0/s1. The van der Waals surface area contributed by atoms with Crippen molar-refractivity contribution in [2.75, 3.05) is 6.61 Å². The monoisotopic (exact) mass is 938 g/mol. The molecule has 26 heteroatoms. The Morgan fingerprint density at radius 1 is 0.433 bits per heavy atom. The summed E-state index contributed by atoms with van der Waals surface area (Å²) in [5, 5.41) is 155. The van der Waals surface area contributed by atoms with Crippen molar-refractivity contribution in [3.05, 3.63) is 76.3 Å². The molecule has 0 amide bonds. The molecular formula is C41H30O26. The molecule has 0 saturated carbocycles. The van der Waals surface area contributed by atoms with E-state index in [4.69, 9.17) is 28.4 Å². The molecule has 350 valence electrons. The third-order valence-corrected chi connectivity index (χ3v) is 10.0. The van der Waals surface area contributed by atoms with E-state index in [1.807, 2.05) is 0 Å². The number of hydrogen-bond acceptors (Lipinski definition) is 26. The number of aromatic hydroxyl groups is 15. The molecule has 1 saturated heterocycles. The molecule has 7 rings (SSSR count). The Balaban J connectivity index is 1.46. The molecule has 5 aromatic rings. The maximum absolute atomic E-state index is 14.6. The smallest absolute Gasteiger partial charge is 0.340 e. The predicted octanol–water partition coefficient (Wildman–Crippen LogP) is 1.67. The summed E-state index contributed by atoms with van der Waals surface area (Å²) in [5.41, 5.74) is -6.78. The highest BCUT2D eigenvalue weighted by Gasteiger charge is 2.55. The molecule has 67 heavy (non-hydrogen) atoms. The minimum Gasteiger partial charge on any atom is -0.504 e. The van der Waals surface area contributed by atoms with Crippen molar-refractivity contribution in [1.29, 1.82) is 0 Å². The molecule has 2 aliphatic rings. The van der Waals surface area contributed by atoms with Crippen LogP contribution < -0.4 is 0 Å². The van der Waals surface area contributed by atoms with Crippen LogP contribution in [0.25, 0.3) is 11.1 Å². The Labute approximate surface area is 369 Å². The molecule has 5 aromatic carbocycles. The van der Waals surface area contributed by atoms with Gasteiger partial charge in [0.05, 0.1) is 27.8 Å². The summed E-state index contributed by atoms with van der Waals surface area (Å²) < 4.78 is 33.5. The van der Waals surface area contributed by atoms with Gasteiger partial charge in [-0.2, -0.15) is 0 Å². The zero-order valence-corrected chi connectivity index (χ0v) is 32.9. The fourth-order valence-corrected chi connectivity index (χ4v) is 6.77. The summed E-state index contributed by atoms with van der Waals surface area (Å²) in [4.78, 5) is 69.9. The second-order valence-corrected chi connectivity index (χ2v) is 14.3. The molecule has 0 aliphatic carbocycles. The van der Waals surface area contributed by atoms with E-state index in [1.165, 1.54) is 0 Å². The van der Waals surface area contributed by atoms with Crippen LogP contribution in [-0.4, -0.2) is 144 Å². The Morgan fingerprint density at radius 3 is 1.18 bits per heavy atom. The molecule has 0 unspecified atom stereocenters. The molecule has 2 bridgehead atoms. The molecule has 0 aromatic heterocycles. The minimum atomic E-state index is -2.57. The molecule has 0 spiro atoms. The molecule has 1 fully saturated rings. The zero-order valence-electron chi connectivity index (χ0n) is 32.9. The second kappa shape index (κ2) is 16.8. The number of hydrogen-bond donors (Lipinski definition) is 15. The van der Waals surface area contributed by atoms with Gasteiger partial charge in [-0.25, -0.2) is 24.0 Å². The van der Waals surface area contributed by atoms with E-state index in [2.05, 4.69) is 0 Å². The van der Waals surface area contributed by atoms with E-state index in [0.29, 0.717) is 48.5 Å². The van der Waals surface area contributed by atoms with Crippen molar-refractivity contribution in [1.82, 2.24) is 0 Å². The van der Waals surface area contributed by atoms with E-state index in [-0.39, 0.29) is 0 Å². The van der Waals surface area contributed by atoms with Crippen molar-refractivity contribution >= 4 is 29.8 Å². The van der Waals surface area contributed by atoms with Crippen molar-refractivity contribution < 1.29 is 129 Å². The van der Waals surface area contributed by atoms with Gasteiger partial charge in [0, 0.05) is 11.1 Å². The first kappa shape index (κ1) is 45.4. The van der Waals surface area contributed by atoms with E-state index in [1.54, 1.807) is 0 Å². The van der Waals surface area contributed by atoms with Crippen molar-refractivity contribution in [3.8, 4) is 97.4 Å². The highest BCUT2D eigenvalue weighted by Crippen LogP contribution is 2.53. The van der Waals surface area contributed by atoms with E-state index in [9.17, 15) is 101 Å². The highest BCUT2D eigenvalue weighted by atomic mass is 16.7. The number of phenolic OH excluding ortho intramolecular Hbond substituents is 15. The van der Waals surface area contributed by atoms with Crippen molar-refractivity contribution in [2.45, 2.75) is 30.7 Å². The lowest BCUT2D eigenvalue weighted by Crippen LogP contribution is -2.63. The molecular weight excluding hydrogens is 908 g/mol. The number of benzene rings is 5. The zero-order chi connectivity index (χ0) is 49.1. The fourth-order valence-electron chi connectivity index (χ4n) is 6.77. The first-order chi connectivity index (χ1) is 31.5. The van der Waals surface area contributed by atoms with E-state index >= 15 is 0 Å². The first-order valence-corrected chi connectivity index (χ1v) is 18.5. The summed E-state index contributed by atoms with van der Waals surface area (Å²) in [6.07, 6.45) is -12.3. The fraction of sp³-hybridized carbons (Fsp3) is 0.146. The van der Waals surface area contributed by atoms with E-state index in [0.717, 1.165) is 0 Å². The van der Waals surface area contributed by atoms with Gasteiger partial charge in [0.15, 0.2) is 87.0 Å². The van der Waals surface area contributed by atoms with Gasteiger partial charge < -0.3 is 105 Å². The third-order valence-electron chi connectivity index (χ3n) is 10.0. The minimum absolute atomic E-state index is 0.362. The maximum Gasteiger partial charge on any atom is 0.340 e. The number of carbonyl (C=O) groups excluding carboxylic acids is 5. The van der Waals surface area contributed by atoms with Gasteiger partial charge >= 0.3 is 29.8 Å². The van der Waals surface area contributed by atoms with Crippen LogP contribution in [0.1, 0.15) is 51.8 Å². The lowest BCUT2D eigenvalue weighted by Gasteiger charge is -2.44. The van der Waals surface area contributed by atoms with Crippen LogP contribution in [0.2, 0.25) is 0 Å². The van der Waals surface area contributed by atoms with Crippen LogP contribution in [-0.2, 0) is 28.4 Å². The van der Waals surface area contributed by atoms with Crippen LogP contribution >= 0.6 is 0 Å². The van der Waals surface area contributed by atoms with Gasteiger partial charge in [-0.05, 0) is 48.5 Å². The number of fused-ring (bicyclic) bond motifs is 5. The quantitative estimate of drug-likeness (QED) is 0.0654. The lowest BCUT2D eigenvalue weighted by atomic mass is 9.91. The third kappa shape index (κ3) is 8.12. The molecule has 0 radical (unpaired) electrons. The molecule has 2 aliphatic heterocycles. The first-order valence-electron chi connectivity index (χ1n) is 18.5. The Bertz CT molecular complexity index is 2870. The Kier molecular flexibility index (Phi) is 11.4. The van der Waals surface area contributed by atoms with Crippen molar-refractivity contribution in [3.63, 3.8) is 0 Å². The number of cyclic esters (lactones) is 1. The van der Waals surface area contributed by atoms with Crippen LogP contribution in [0.5, 0.6) is 86.2 Å². The highest BCUT2D eigenvalue weighted by molar-refractivity contribution is 6.08. The Morgan fingerprint density at radius 2 is 0.776 bits per heavy atom. The summed E-state index contributed by atoms with van der Waals surface area (Å²) >= 11 is 0. The summed E-state index contributed by atoms with van der Waals surface area (Å²) in [5.74, 6) is -26.7. The van der Waals surface area contributed by atoms with E-state index < -0.39 is 192 Å². The largest absolute Gasteiger partial charge is 0.504 e. The van der Waals surface area contributed by atoms with Gasteiger partial charge in [0.25, 0.3) is 0 Å². The number of phenols is 15. The van der Waals surface area contributed by atoms with Crippen LogP contribution in [0.3, 0.4) is 0 Å². The maximum atomic E-state index is 14.6. The average molecular weight is 939 g/mol. The number of esters is 5. The van der Waals surface area contributed by atoms with Crippen LogP contribution in [0.4, 0.5) is 0 Å². The van der Waals surface area contributed by atoms with Gasteiger partial charge in [-0.1, -0.05) is 0 Å². The normalized spacial score (nSPS) is 19.0. The predicted molar refractivity (Wildman–Crippen MR) is 208 cm³/mol. The summed E-state index contributed by atoms with van der Waals surface area (Å²) in [7, 11) is 0. The van der Waals surface area contributed by atoms with Crippen LogP contribution in [0.15, 0.2) is 48.5 Å². The molecule has 26 nitrogen and oxygen atoms in total. The van der Waals surface area contributed by atoms with Crippen molar-refractivity contribution in [2.24, 2.45) is 0 Å². The molecule has 2 heterocycles. The van der Waals surface area contributed by atoms with Gasteiger partial charge in [-0.15, -0.1) is 0 Å². The number of ether oxygens (including phenoxy) is 6. The van der Waals surface area contributed by atoms with Crippen LogP contribution in [0, 0.1) is 0 Å². The average Bonchev–Trinajstić information content (AvgIpc) is 3.27. The van der Waals surface area contributed by atoms with Gasteiger partial charge in [0.2, 0.25) is 23.9 Å². The number of rotatable bonds is 6. The number of carbonyl (C=O) groups is 5. The van der Waals surface area contributed by atoms with Gasteiger partial charge in [-0.3, -0.25) is 0 Å². The summed E-state index contributed by atoms with van der Waals surface area (Å²) in [6.45, 7) is -1.28. The topological polar surface area (TPSA) is 444 Å². The Hall–Kier alpha value is -9.59. The lowest BCUT2D eigenvalue weighted by molar-refractivity contribution is -0.282. The van der Waals surface area contributed by atoms with Gasteiger partial charge in [0.1, 0.15) is 12.7 Å². The molecule has 15 N–H and O–H groups in total. The SMILES string of the molecule is O=C(O[C@@H]1O[C@H]2COC(=O)c3cc(O)c(O)c(O)c3-c3c(cc(O)c(O)c3O)C(=O)O[C@H]([C@H]1OC(=O)c1cc(O)c(O)c(O)c1)[C@@H]2OC(=O)c1cc(O)c(O)c(O)c1)c1cc(O)c(O)c(O)c1.